The molecule has 1 saturated heterocycles. The van der Waals surface area contributed by atoms with Crippen LogP contribution in [0.4, 0.5) is 4.79 Å². The summed E-state index contributed by atoms with van der Waals surface area (Å²) in [5, 5.41) is 9.49. The highest BCUT2D eigenvalue weighted by Gasteiger charge is 2.58. The highest BCUT2D eigenvalue weighted by molar-refractivity contribution is 6.17. The maximum atomic E-state index is 11.2. The topological polar surface area (TPSA) is 104 Å². The van der Waals surface area contributed by atoms with E-state index < -0.39 is 23.6 Å². The molecule has 0 aliphatic carbocycles. The smallest absolute Gasteiger partial charge is 0.329 e. The zero-order chi connectivity index (χ0) is 10.4. The minimum absolute atomic E-state index is 0.595. The summed E-state index contributed by atoms with van der Waals surface area (Å²) in [7, 11) is 2.27. The Morgan fingerprint density at radius 3 is 2.08 bits per heavy atom. The van der Waals surface area contributed by atoms with Gasteiger partial charge in [-0.15, -0.1) is 0 Å². The first kappa shape index (κ1) is 9.46. The molecule has 7 nitrogen and oxygen atoms in total. The van der Waals surface area contributed by atoms with E-state index in [0.717, 1.165) is 14.1 Å². The van der Waals surface area contributed by atoms with Crippen molar-refractivity contribution in [1.82, 2.24) is 9.80 Å². The molecule has 0 bridgehead atoms. The SMILES string of the molecule is CN1C(=O)N(C)C(O)(C(N)=O)C1=O. The molecular formula is C6H9N3O4. The maximum absolute atomic E-state index is 11.2. The zero-order valence-corrected chi connectivity index (χ0v) is 7.14. The molecule has 0 radical (unpaired) electrons. The second-order valence-electron chi connectivity index (χ2n) is 2.74. The lowest BCUT2D eigenvalue weighted by Crippen LogP contribution is -2.57. The van der Waals surface area contributed by atoms with Crippen molar-refractivity contribution in [2.24, 2.45) is 5.73 Å². The summed E-state index contributed by atoms with van der Waals surface area (Å²) in [5.41, 5.74) is 2.27. The van der Waals surface area contributed by atoms with E-state index in [0.29, 0.717) is 9.80 Å². The van der Waals surface area contributed by atoms with Gasteiger partial charge in [0.1, 0.15) is 0 Å². The molecule has 1 atom stereocenters. The molecule has 0 aromatic rings. The minimum Gasteiger partial charge on any atom is -0.365 e. The third kappa shape index (κ3) is 0.903. The Bertz CT molecular complexity index is 302. The number of nitrogens with two attached hydrogens (primary N) is 1. The van der Waals surface area contributed by atoms with Crippen molar-refractivity contribution in [1.29, 1.82) is 0 Å². The number of carbonyl (C=O) groups excluding carboxylic acids is 3. The fourth-order valence-corrected chi connectivity index (χ4v) is 1.10. The molecule has 13 heavy (non-hydrogen) atoms. The third-order valence-corrected chi connectivity index (χ3v) is 2.01. The van der Waals surface area contributed by atoms with Crippen LogP contribution < -0.4 is 5.73 Å². The first-order chi connectivity index (χ1) is 5.83. The molecule has 0 saturated carbocycles. The van der Waals surface area contributed by atoms with Crippen molar-refractivity contribution in [3.63, 3.8) is 0 Å². The van der Waals surface area contributed by atoms with Crippen LogP contribution in [-0.2, 0) is 9.59 Å². The van der Waals surface area contributed by atoms with Crippen LogP contribution in [0.3, 0.4) is 0 Å². The fraction of sp³-hybridized carbons (Fsp3) is 0.500. The van der Waals surface area contributed by atoms with E-state index in [2.05, 4.69) is 0 Å². The van der Waals surface area contributed by atoms with Crippen LogP contribution in [0.5, 0.6) is 0 Å². The molecule has 1 heterocycles. The lowest BCUT2D eigenvalue weighted by Gasteiger charge is -2.22. The monoisotopic (exact) mass is 187 g/mol. The summed E-state index contributed by atoms with van der Waals surface area (Å²) in [4.78, 5) is 34.3. The van der Waals surface area contributed by atoms with Crippen molar-refractivity contribution < 1.29 is 19.5 Å². The standard InChI is InChI=1S/C6H9N3O4/c1-8-4(11)6(13,3(7)10)9(2)5(8)12/h13H,1-2H3,(H2,7,10). The predicted octanol–water partition coefficient (Wildman–Crippen LogP) is -2.32. The van der Waals surface area contributed by atoms with E-state index in [1.165, 1.54) is 0 Å². The molecule has 1 unspecified atom stereocenters. The van der Waals surface area contributed by atoms with E-state index in [-0.39, 0.29) is 0 Å². The first-order valence-corrected chi connectivity index (χ1v) is 3.41. The maximum Gasteiger partial charge on any atom is 0.329 e. The van der Waals surface area contributed by atoms with E-state index in [9.17, 15) is 19.5 Å². The van der Waals surface area contributed by atoms with Gasteiger partial charge in [0.2, 0.25) is 0 Å². The van der Waals surface area contributed by atoms with Gasteiger partial charge in [-0.1, -0.05) is 0 Å². The normalized spacial score (nSPS) is 28.5. The minimum atomic E-state index is -2.54. The Balaban J connectivity index is 3.21. The van der Waals surface area contributed by atoms with Crippen LogP contribution >= 0.6 is 0 Å². The van der Waals surface area contributed by atoms with E-state index >= 15 is 0 Å². The van der Waals surface area contributed by atoms with Gasteiger partial charge in [0.15, 0.2) is 0 Å². The number of rotatable bonds is 1. The average molecular weight is 187 g/mol. The Labute approximate surface area is 73.7 Å². The van der Waals surface area contributed by atoms with Crippen LogP contribution in [-0.4, -0.2) is 52.6 Å². The number of aliphatic hydroxyl groups is 1. The van der Waals surface area contributed by atoms with Crippen molar-refractivity contribution in [3.05, 3.63) is 0 Å². The Morgan fingerprint density at radius 1 is 1.46 bits per heavy atom. The molecule has 72 valence electrons. The molecule has 1 rings (SSSR count). The summed E-state index contributed by atoms with van der Waals surface area (Å²) in [6, 6.07) is -0.772. The van der Waals surface area contributed by atoms with Crippen LogP contribution in [0.15, 0.2) is 0 Å². The summed E-state index contributed by atoms with van der Waals surface area (Å²) in [6.07, 6.45) is 0. The molecule has 7 heteroatoms. The van der Waals surface area contributed by atoms with E-state index in [4.69, 9.17) is 5.73 Å². The van der Waals surface area contributed by atoms with Crippen molar-refractivity contribution >= 4 is 17.8 Å². The molecule has 3 N–H and O–H groups in total. The average Bonchev–Trinajstić information content (AvgIpc) is 2.22. The third-order valence-electron chi connectivity index (χ3n) is 2.01. The molecule has 1 aliphatic rings. The van der Waals surface area contributed by atoms with Gasteiger partial charge in [-0.3, -0.25) is 19.4 Å². The number of amides is 4. The number of imide groups is 1. The number of urea groups is 1. The van der Waals surface area contributed by atoms with Gasteiger partial charge in [0.25, 0.3) is 11.8 Å². The van der Waals surface area contributed by atoms with Gasteiger partial charge in [0, 0.05) is 14.1 Å². The molecule has 4 amide bonds. The molecular weight excluding hydrogens is 178 g/mol. The number of nitrogens with zero attached hydrogens (tertiary/aromatic N) is 2. The first-order valence-electron chi connectivity index (χ1n) is 3.41. The summed E-state index contributed by atoms with van der Waals surface area (Å²) in [6.45, 7) is 0. The lowest BCUT2D eigenvalue weighted by molar-refractivity contribution is -0.162. The molecule has 1 aliphatic heterocycles. The second-order valence-corrected chi connectivity index (χ2v) is 2.74. The number of hydrogen-bond donors (Lipinski definition) is 2. The van der Waals surface area contributed by atoms with Gasteiger partial charge in [-0.25, -0.2) is 4.79 Å². The fourth-order valence-electron chi connectivity index (χ4n) is 1.10. The lowest BCUT2D eigenvalue weighted by atomic mass is 10.2. The van der Waals surface area contributed by atoms with Crippen molar-refractivity contribution in [3.8, 4) is 0 Å². The van der Waals surface area contributed by atoms with Gasteiger partial charge >= 0.3 is 11.8 Å². The highest BCUT2D eigenvalue weighted by Crippen LogP contribution is 2.22. The number of primary amides is 1. The van der Waals surface area contributed by atoms with Crippen LogP contribution in [0.2, 0.25) is 0 Å². The van der Waals surface area contributed by atoms with Crippen molar-refractivity contribution in [2.45, 2.75) is 5.72 Å². The van der Waals surface area contributed by atoms with Gasteiger partial charge in [-0.05, 0) is 0 Å². The summed E-state index contributed by atoms with van der Waals surface area (Å²) < 4.78 is 0. The van der Waals surface area contributed by atoms with E-state index in [1.807, 2.05) is 0 Å². The van der Waals surface area contributed by atoms with E-state index in [1.54, 1.807) is 0 Å². The quantitative estimate of drug-likeness (QED) is 0.355. The Morgan fingerprint density at radius 2 is 1.92 bits per heavy atom. The van der Waals surface area contributed by atoms with Crippen LogP contribution in [0, 0.1) is 0 Å². The summed E-state index contributed by atoms with van der Waals surface area (Å²) >= 11 is 0. The Kier molecular flexibility index (Phi) is 1.77. The molecule has 0 aromatic heterocycles. The largest absolute Gasteiger partial charge is 0.365 e. The second kappa shape index (κ2) is 2.43. The number of likely N-dealkylation sites (N-methyl/N-ethyl adjacent to an activating group) is 2. The highest BCUT2D eigenvalue weighted by atomic mass is 16.4. The van der Waals surface area contributed by atoms with Crippen LogP contribution in [0.25, 0.3) is 0 Å². The molecule has 0 aromatic carbocycles. The Hall–Kier alpha value is -1.63. The van der Waals surface area contributed by atoms with Gasteiger partial charge in [-0.2, -0.15) is 0 Å². The number of carbonyl (C=O) groups is 3. The van der Waals surface area contributed by atoms with Crippen molar-refractivity contribution in [2.75, 3.05) is 14.1 Å². The predicted molar refractivity (Wildman–Crippen MR) is 40.1 cm³/mol. The van der Waals surface area contributed by atoms with Gasteiger partial charge < -0.3 is 10.8 Å². The van der Waals surface area contributed by atoms with Gasteiger partial charge in [0.05, 0.1) is 0 Å². The zero-order valence-electron chi connectivity index (χ0n) is 7.14. The molecule has 0 spiro atoms. The van der Waals surface area contributed by atoms with Crippen LogP contribution in [0.1, 0.15) is 0 Å². The molecule has 1 fully saturated rings. The summed E-state index contributed by atoms with van der Waals surface area (Å²) in [5.74, 6) is -2.30. The number of hydrogen-bond acceptors (Lipinski definition) is 4.